The lowest BCUT2D eigenvalue weighted by atomic mass is 10.2. The molecule has 4 nitrogen and oxygen atoms in total. The molecule has 0 amide bonds. The summed E-state index contributed by atoms with van der Waals surface area (Å²) in [6, 6.07) is 0. The molecule has 0 aliphatic heterocycles. The normalized spacial score (nSPS) is 10.5. The van der Waals surface area contributed by atoms with Crippen LogP contribution in [0.25, 0.3) is 11.3 Å². The van der Waals surface area contributed by atoms with Crippen molar-refractivity contribution < 1.29 is 8.78 Å². The van der Waals surface area contributed by atoms with Gasteiger partial charge >= 0.3 is 12.2 Å². The summed E-state index contributed by atoms with van der Waals surface area (Å²) < 4.78 is 25.4. The quantitative estimate of drug-likeness (QED) is 0.584. The van der Waals surface area contributed by atoms with Crippen LogP contribution in [0.5, 0.6) is 0 Å². The fraction of sp³-hybridized carbons (Fsp3) is 0. The number of hydrogen-bond acceptors (Lipinski definition) is 4. The second-order valence-electron chi connectivity index (χ2n) is 2.61. The van der Waals surface area contributed by atoms with E-state index in [1.807, 2.05) is 0 Å². The van der Waals surface area contributed by atoms with E-state index >= 15 is 0 Å². The third kappa shape index (κ3) is 2.07. The zero-order valence-electron chi connectivity index (χ0n) is 7.38. The van der Waals surface area contributed by atoms with Crippen LogP contribution in [0, 0.1) is 18.4 Å². The zero-order chi connectivity index (χ0) is 11.7. The Kier molecular flexibility index (Phi) is 2.93. The lowest BCUT2D eigenvalue weighted by Crippen LogP contribution is -1.97. The molecule has 0 atom stereocenters. The minimum absolute atomic E-state index is 0.00867. The summed E-state index contributed by atoms with van der Waals surface area (Å²) in [4.78, 5) is 13.0. The van der Waals surface area contributed by atoms with E-state index in [0.717, 1.165) is 6.20 Å². The van der Waals surface area contributed by atoms with Gasteiger partial charge in [-0.3, -0.25) is 0 Å². The summed E-state index contributed by atoms with van der Waals surface area (Å²) in [6.07, 6.45) is 1.24. The van der Waals surface area contributed by atoms with Crippen molar-refractivity contribution in [3.8, 4) is 11.3 Å². The van der Waals surface area contributed by atoms with Crippen molar-refractivity contribution in [2.75, 3.05) is 0 Å². The molecule has 2 heterocycles. The minimum Gasteiger partial charge on any atom is -0.209 e. The lowest BCUT2D eigenvalue weighted by molar-refractivity contribution is 0.536. The van der Waals surface area contributed by atoms with Crippen LogP contribution in [0.15, 0.2) is 6.20 Å². The van der Waals surface area contributed by atoms with Crippen molar-refractivity contribution in [3.05, 3.63) is 34.7 Å². The highest BCUT2D eigenvalue weighted by molar-refractivity contribution is 6.35. The molecule has 0 bridgehead atoms. The molecule has 81 valence electrons. The van der Waals surface area contributed by atoms with Gasteiger partial charge in [-0.25, -0.2) is 9.97 Å². The van der Waals surface area contributed by atoms with E-state index in [9.17, 15) is 8.78 Å². The highest BCUT2D eigenvalue weighted by Gasteiger charge is 2.14. The Balaban J connectivity index is 2.62. The van der Waals surface area contributed by atoms with Gasteiger partial charge in [0.15, 0.2) is 0 Å². The molecule has 0 aromatic carbocycles. The molecule has 2 rings (SSSR count). The number of rotatable bonds is 1. The van der Waals surface area contributed by atoms with Crippen molar-refractivity contribution in [1.29, 1.82) is 0 Å². The molecule has 16 heavy (non-hydrogen) atoms. The van der Waals surface area contributed by atoms with Gasteiger partial charge in [-0.1, -0.05) is 23.2 Å². The monoisotopic (exact) mass is 261 g/mol. The standard InChI is InChI=1S/C8HCl2F2N4/c9-4-2-14-7(11)15-5(4)3-1-13-8(12)16-6(3)10/h2H. The van der Waals surface area contributed by atoms with Gasteiger partial charge in [-0.2, -0.15) is 18.7 Å². The van der Waals surface area contributed by atoms with Gasteiger partial charge < -0.3 is 0 Å². The molecular formula is C8HCl2F2N4. The fourth-order valence-corrected chi connectivity index (χ4v) is 1.37. The molecule has 0 saturated heterocycles. The average Bonchev–Trinajstić information content (AvgIpc) is 2.22. The Morgan fingerprint density at radius 1 is 1.12 bits per heavy atom. The van der Waals surface area contributed by atoms with Crippen molar-refractivity contribution in [3.63, 3.8) is 0 Å². The molecule has 0 N–H and O–H groups in total. The third-order valence-electron chi connectivity index (χ3n) is 1.61. The lowest BCUT2D eigenvalue weighted by Gasteiger charge is -2.03. The molecular weight excluding hydrogens is 261 g/mol. The first-order chi connectivity index (χ1) is 7.58. The van der Waals surface area contributed by atoms with Gasteiger partial charge in [0.05, 0.1) is 16.8 Å². The average molecular weight is 262 g/mol. The molecule has 0 aliphatic carbocycles. The molecule has 0 aliphatic rings. The van der Waals surface area contributed by atoms with E-state index in [0.29, 0.717) is 0 Å². The van der Waals surface area contributed by atoms with E-state index in [-0.39, 0.29) is 21.4 Å². The maximum Gasteiger partial charge on any atom is 0.310 e. The summed E-state index contributed by atoms with van der Waals surface area (Å²) in [5.74, 6) is 0. The van der Waals surface area contributed by atoms with Gasteiger partial charge in [0, 0.05) is 0 Å². The Morgan fingerprint density at radius 2 is 1.88 bits per heavy atom. The first kappa shape index (κ1) is 11.1. The van der Waals surface area contributed by atoms with Crippen LogP contribution in [0.4, 0.5) is 8.78 Å². The van der Waals surface area contributed by atoms with Crippen LogP contribution in [0.2, 0.25) is 10.2 Å². The second-order valence-corrected chi connectivity index (χ2v) is 3.37. The summed E-state index contributed by atoms with van der Waals surface area (Å²) in [7, 11) is 0. The number of aromatic nitrogens is 4. The van der Waals surface area contributed by atoms with Crippen molar-refractivity contribution >= 4 is 23.2 Å². The van der Waals surface area contributed by atoms with E-state index in [1.54, 1.807) is 0 Å². The SMILES string of the molecule is Fc1n[c]c(-c2nc(F)ncc2Cl)c(Cl)n1. The van der Waals surface area contributed by atoms with Crippen LogP contribution >= 0.6 is 23.2 Å². The van der Waals surface area contributed by atoms with Gasteiger partial charge in [0.2, 0.25) is 0 Å². The predicted octanol–water partition coefficient (Wildman–Crippen LogP) is 2.32. The highest BCUT2D eigenvalue weighted by atomic mass is 35.5. The summed E-state index contributed by atoms with van der Waals surface area (Å²) in [5, 5.41) is -0.220. The Hall–Kier alpha value is -1.40. The molecule has 0 spiro atoms. The first-order valence-electron chi connectivity index (χ1n) is 3.87. The largest absolute Gasteiger partial charge is 0.310 e. The van der Waals surface area contributed by atoms with E-state index < -0.39 is 12.2 Å². The Labute approximate surface area is 98.3 Å². The number of halogens is 4. The molecule has 0 unspecified atom stereocenters. The Morgan fingerprint density at radius 3 is 2.56 bits per heavy atom. The molecule has 0 fully saturated rings. The van der Waals surface area contributed by atoms with Gasteiger partial charge in [-0.15, -0.1) is 0 Å². The highest BCUT2D eigenvalue weighted by Crippen LogP contribution is 2.28. The van der Waals surface area contributed by atoms with Crippen LogP contribution in [0.1, 0.15) is 0 Å². The summed E-state index contributed by atoms with van der Waals surface area (Å²) in [5.41, 5.74) is -0.0338. The molecule has 1 radical (unpaired) electrons. The molecule has 2 aromatic heterocycles. The zero-order valence-corrected chi connectivity index (χ0v) is 8.89. The minimum atomic E-state index is -1.04. The van der Waals surface area contributed by atoms with Crippen molar-refractivity contribution in [2.24, 2.45) is 0 Å². The van der Waals surface area contributed by atoms with E-state index in [4.69, 9.17) is 23.2 Å². The third-order valence-corrected chi connectivity index (χ3v) is 2.16. The molecule has 0 saturated carbocycles. The summed E-state index contributed by atoms with van der Waals surface area (Å²) in [6.45, 7) is 0. The van der Waals surface area contributed by atoms with E-state index in [2.05, 4.69) is 26.1 Å². The molecule has 2 aromatic rings. The van der Waals surface area contributed by atoms with Crippen LogP contribution in [-0.4, -0.2) is 19.9 Å². The topological polar surface area (TPSA) is 51.6 Å². The maximum absolute atomic E-state index is 12.8. The molecule has 8 heteroatoms. The van der Waals surface area contributed by atoms with Crippen LogP contribution < -0.4 is 0 Å². The van der Waals surface area contributed by atoms with Gasteiger partial charge in [-0.05, 0) is 0 Å². The van der Waals surface area contributed by atoms with Gasteiger partial charge in [0.25, 0.3) is 0 Å². The van der Waals surface area contributed by atoms with Gasteiger partial charge in [0.1, 0.15) is 17.0 Å². The first-order valence-corrected chi connectivity index (χ1v) is 4.62. The van der Waals surface area contributed by atoms with Crippen LogP contribution in [0.3, 0.4) is 0 Å². The van der Waals surface area contributed by atoms with E-state index in [1.165, 1.54) is 0 Å². The predicted molar refractivity (Wildman–Crippen MR) is 51.8 cm³/mol. The Bertz CT molecular complexity index is 550. The van der Waals surface area contributed by atoms with Crippen molar-refractivity contribution in [2.45, 2.75) is 0 Å². The van der Waals surface area contributed by atoms with Crippen molar-refractivity contribution in [1.82, 2.24) is 19.9 Å². The number of hydrogen-bond donors (Lipinski definition) is 0. The number of nitrogens with zero attached hydrogens (tertiary/aromatic N) is 4. The van der Waals surface area contributed by atoms with Crippen LogP contribution in [-0.2, 0) is 0 Å². The summed E-state index contributed by atoms with van der Waals surface area (Å²) >= 11 is 11.3. The smallest absolute Gasteiger partial charge is 0.209 e. The maximum atomic E-state index is 12.8. The second kappa shape index (κ2) is 4.23. The fourth-order valence-electron chi connectivity index (χ4n) is 0.982.